The minimum Gasteiger partial charge on any atom is -0.379 e. The molecule has 0 saturated carbocycles. The van der Waals surface area contributed by atoms with Gasteiger partial charge in [-0.2, -0.15) is 0 Å². The van der Waals surface area contributed by atoms with Gasteiger partial charge in [-0.3, -0.25) is 0 Å². The van der Waals surface area contributed by atoms with Crippen molar-refractivity contribution in [2.45, 2.75) is 65.1 Å². The fraction of sp³-hybridized carbons (Fsp3) is 1.00. The van der Waals surface area contributed by atoms with Crippen LogP contribution in [0.1, 0.15) is 47.5 Å². The van der Waals surface area contributed by atoms with Gasteiger partial charge in [0.05, 0.1) is 5.60 Å². The summed E-state index contributed by atoms with van der Waals surface area (Å²) in [7, 11) is 3.98. The van der Waals surface area contributed by atoms with Crippen molar-refractivity contribution >= 4 is 0 Å². The molecule has 0 fully saturated rings. The third kappa shape index (κ3) is 7.74. The molecule has 0 amide bonds. The highest BCUT2D eigenvalue weighted by molar-refractivity contribution is 4.75. The monoisotopic (exact) mass is 244 g/mol. The molecule has 0 bridgehead atoms. The van der Waals surface area contributed by atoms with E-state index < -0.39 is 0 Å². The van der Waals surface area contributed by atoms with Crippen LogP contribution in [0.15, 0.2) is 0 Å². The molecule has 0 heterocycles. The summed E-state index contributed by atoms with van der Waals surface area (Å²) in [6, 6.07) is 1.16. The Morgan fingerprint density at radius 2 is 1.88 bits per heavy atom. The van der Waals surface area contributed by atoms with Crippen LogP contribution in [0.3, 0.4) is 0 Å². The summed E-state index contributed by atoms with van der Waals surface area (Å²) >= 11 is 0. The number of nitrogens with one attached hydrogen (secondary N) is 1. The Kier molecular flexibility index (Phi) is 8.01. The molecular weight excluding hydrogens is 212 g/mol. The molecule has 17 heavy (non-hydrogen) atoms. The lowest BCUT2D eigenvalue weighted by Crippen LogP contribution is -2.40. The summed E-state index contributed by atoms with van der Waals surface area (Å²) in [4.78, 5) is 2.40. The minimum absolute atomic E-state index is 0.0327. The second kappa shape index (κ2) is 8.06. The molecule has 0 aromatic rings. The predicted octanol–water partition coefficient (Wildman–Crippen LogP) is 2.51. The molecular formula is C14H32N2O. The fourth-order valence-electron chi connectivity index (χ4n) is 1.91. The fourth-order valence-corrected chi connectivity index (χ4v) is 1.91. The Labute approximate surface area is 108 Å². The summed E-state index contributed by atoms with van der Waals surface area (Å²) in [6.45, 7) is 13.2. The molecule has 0 aliphatic rings. The summed E-state index contributed by atoms with van der Waals surface area (Å²) in [5.41, 5.74) is -0.0327. The van der Waals surface area contributed by atoms with Crippen LogP contribution >= 0.6 is 0 Å². The molecule has 104 valence electrons. The molecule has 2 atom stereocenters. The third-order valence-corrected chi connectivity index (χ3v) is 3.65. The maximum Gasteiger partial charge on any atom is 0.0637 e. The van der Waals surface area contributed by atoms with Crippen LogP contribution in [0.25, 0.3) is 0 Å². The number of rotatable bonds is 9. The van der Waals surface area contributed by atoms with Gasteiger partial charge in [0.1, 0.15) is 0 Å². The van der Waals surface area contributed by atoms with Crippen LogP contribution in [-0.2, 0) is 4.74 Å². The molecule has 0 saturated heterocycles. The molecule has 3 nitrogen and oxygen atoms in total. The van der Waals surface area contributed by atoms with Crippen molar-refractivity contribution in [2.24, 2.45) is 0 Å². The summed E-state index contributed by atoms with van der Waals surface area (Å²) < 4.78 is 5.44. The molecule has 1 N–H and O–H groups in total. The van der Waals surface area contributed by atoms with Crippen LogP contribution in [0.5, 0.6) is 0 Å². The Bertz CT molecular complexity index is 195. The van der Waals surface area contributed by atoms with E-state index in [-0.39, 0.29) is 5.60 Å². The summed E-state index contributed by atoms with van der Waals surface area (Å²) in [5.74, 6) is 0. The van der Waals surface area contributed by atoms with E-state index in [9.17, 15) is 0 Å². The van der Waals surface area contributed by atoms with Gasteiger partial charge in [0.2, 0.25) is 0 Å². The number of likely N-dealkylation sites (N-methyl/N-ethyl adjacent to an activating group) is 1. The second-order valence-corrected chi connectivity index (χ2v) is 5.76. The van der Waals surface area contributed by atoms with Crippen molar-refractivity contribution in [1.29, 1.82) is 0 Å². The SMILES string of the molecule is CCC(C)N(C)CCNC(C)CC(C)(C)OC. The van der Waals surface area contributed by atoms with Gasteiger partial charge in [-0.05, 0) is 47.6 Å². The van der Waals surface area contributed by atoms with Gasteiger partial charge < -0.3 is 15.0 Å². The smallest absolute Gasteiger partial charge is 0.0637 e. The molecule has 0 aliphatic carbocycles. The number of nitrogens with zero attached hydrogens (tertiary/aromatic N) is 1. The minimum atomic E-state index is -0.0327. The van der Waals surface area contributed by atoms with Crippen LogP contribution in [0.4, 0.5) is 0 Å². The number of hydrogen-bond donors (Lipinski definition) is 1. The Morgan fingerprint density at radius 1 is 1.29 bits per heavy atom. The molecule has 0 aromatic carbocycles. The lowest BCUT2D eigenvalue weighted by Gasteiger charge is -2.28. The van der Waals surface area contributed by atoms with E-state index in [1.165, 1.54) is 6.42 Å². The van der Waals surface area contributed by atoms with Crippen molar-refractivity contribution in [2.75, 3.05) is 27.2 Å². The van der Waals surface area contributed by atoms with Gasteiger partial charge >= 0.3 is 0 Å². The molecule has 0 rings (SSSR count). The maximum absolute atomic E-state index is 5.44. The van der Waals surface area contributed by atoms with Gasteiger partial charge in [-0.25, -0.2) is 0 Å². The topological polar surface area (TPSA) is 24.5 Å². The highest BCUT2D eigenvalue weighted by atomic mass is 16.5. The number of hydrogen-bond acceptors (Lipinski definition) is 3. The van der Waals surface area contributed by atoms with Gasteiger partial charge in [0.25, 0.3) is 0 Å². The zero-order valence-corrected chi connectivity index (χ0v) is 12.8. The van der Waals surface area contributed by atoms with Crippen molar-refractivity contribution in [3.63, 3.8) is 0 Å². The van der Waals surface area contributed by atoms with Crippen molar-refractivity contribution in [3.8, 4) is 0 Å². The molecule has 0 spiro atoms. The van der Waals surface area contributed by atoms with Crippen molar-refractivity contribution in [1.82, 2.24) is 10.2 Å². The molecule has 3 heteroatoms. The van der Waals surface area contributed by atoms with Crippen molar-refractivity contribution < 1.29 is 4.74 Å². The van der Waals surface area contributed by atoms with Gasteiger partial charge in [0.15, 0.2) is 0 Å². The third-order valence-electron chi connectivity index (χ3n) is 3.65. The van der Waals surface area contributed by atoms with E-state index in [2.05, 4.69) is 51.9 Å². The standard InChI is InChI=1S/C14H32N2O/c1-8-13(3)16(6)10-9-15-12(2)11-14(4,5)17-7/h12-13,15H,8-11H2,1-7H3. The Balaban J connectivity index is 3.75. The first-order valence-electron chi connectivity index (χ1n) is 6.81. The Hall–Kier alpha value is -0.120. The highest BCUT2D eigenvalue weighted by Crippen LogP contribution is 2.15. The van der Waals surface area contributed by atoms with Crippen LogP contribution in [0.2, 0.25) is 0 Å². The van der Waals surface area contributed by atoms with E-state index in [1.807, 2.05) is 0 Å². The molecule has 2 unspecified atom stereocenters. The second-order valence-electron chi connectivity index (χ2n) is 5.76. The normalized spacial score (nSPS) is 16.2. The van der Waals surface area contributed by atoms with Crippen LogP contribution in [-0.4, -0.2) is 49.8 Å². The Morgan fingerprint density at radius 3 is 2.35 bits per heavy atom. The average molecular weight is 244 g/mol. The van der Waals surface area contributed by atoms with E-state index in [0.29, 0.717) is 12.1 Å². The van der Waals surface area contributed by atoms with Gasteiger partial charge in [0, 0.05) is 32.3 Å². The van der Waals surface area contributed by atoms with E-state index >= 15 is 0 Å². The van der Waals surface area contributed by atoms with Gasteiger partial charge in [-0.1, -0.05) is 6.92 Å². The molecule has 0 radical (unpaired) electrons. The first kappa shape index (κ1) is 16.9. The molecule has 0 aromatic heterocycles. The zero-order chi connectivity index (χ0) is 13.5. The first-order chi connectivity index (χ1) is 7.82. The van der Waals surface area contributed by atoms with E-state index in [0.717, 1.165) is 19.5 Å². The lowest BCUT2D eigenvalue weighted by molar-refractivity contribution is 0.00843. The average Bonchev–Trinajstić information content (AvgIpc) is 2.27. The summed E-state index contributed by atoms with van der Waals surface area (Å²) in [6.07, 6.45) is 2.25. The van der Waals surface area contributed by atoms with E-state index in [4.69, 9.17) is 4.74 Å². The predicted molar refractivity (Wildman–Crippen MR) is 75.6 cm³/mol. The van der Waals surface area contributed by atoms with Crippen LogP contribution in [0, 0.1) is 0 Å². The van der Waals surface area contributed by atoms with Crippen LogP contribution < -0.4 is 5.32 Å². The first-order valence-corrected chi connectivity index (χ1v) is 6.81. The maximum atomic E-state index is 5.44. The summed E-state index contributed by atoms with van der Waals surface area (Å²) in [5, 5.41) is 3.56. The quantitative estimate of drug-likeness (QED) is 0.674. The zero-order valence-electron chi connectivity index (χ0n) is 12.8. The number of methoxy groups -OCH3 is 1. The van der Waals surface area contributed by atoms with Crippen molar-refractivity contribution in [3.05, 3.63) is 0 Å². The highest BCUT2D eigenvalue weighted by Gasteiger charge is 2.19. The lowest BCUT2D eigenvalue weighted by atomic mass is 10.00. The largest absolute Gasteiger partial charge is 0.379 e. The molecule has 0 aliphatic heterocycles. The van der Waals surface area contributed by atoms with Gasteiger partial charge in [-0.15, -0.1) is 0 Å². The van der Waals surface area contributed by atoms with E-state index in [1.54, 1.807) is 7.11 Å². The number of ether oxygens (including phenoxy) is 1.